The SMILES string of the molecule is CN1C(=O)CCCCC1CN1CC(Cn2nc(C(C)(C)C)ccc2=O)C1. The summed E-state index contributed by atoms with van der Waals surface area (Å²) in [5, 5.41) is 4.57. The van der Waals surface area contributed by atoms with Crippen molar-refractivity contribution in [2.45, 2.75) is 64.5 Å². The van der Waals surface area contributed by atoms with Crippen molar-refractivity contribution in [3.8, 4) is 0 Å². The Bertz CT molecular complexity index is 700. The smallest absolute Gasteiger partial charge is 0.266 e. The lowest BCUT2D eigenvalue weighted by molar-refractivity contribution is -0.132. The molecule has 26 heavy (non-hydrogen) atoms. The van der Waals surface area contributed by atoms with Crippen LogP contribution in [-0.2, 0) is 16.8 Å². The lowest BCUT2D eigenvalue weighted by Crippen LogP contribution is -2.54. The van der Waals surface area contributed by atoms with Crippen LogP contribution in [-0.4, -0.2) is 58.2 Å². The number of likely N-dealkylation sites (N-methyl/N-ethyl adjacent to an activating group) is 1. The number of nitrogens with zero attached hydrogens (tertiary/aromatic N) is 4. The number of aromatic nitrogens is 2. The fourth-order valence-electron chi connectivity index (χ4n) is 3.91. The Balaban J connectivity index is 1.54. The van der Waals surface area contributed by atoms with Gasteiger partial charge < -0.3 is 9.80 Å². The number of carbonyl (C=O) groups is 1. The Morgan fingerprint density at radius 1 is 1.12 bits per heavy atom. The second-order valence-corrected chi connectivity index (χ2v) is 8.98. The summed E-state index contributed by atoms with van der Waals surface area (Å²) >= 11 is 0. The van der Waals surface area contributed by atoms with Gasteiger partial charge in [-0.2, -0.15) is 5.10 Å². The van der Waals surface area contributed by atoms with Gasteiger partial charge in [-0.25, -0.2) is 4.68 Å². The molecule has 1 amide bonds. The van der Waals surface area contributed by atoms with Gasteiger partial charge in [0.2, 0.25) is 5.91 Å². The molecule has 1 unspecified atom stereocenters. The van der Waals surface area contributed by atoms with Crippen LogP contribution in [0.1, 0.15) is 52.1 Å². The highest BCUT2D eigenvalue weighted by atomic mass is 16.2. The number of hydrogen-bond acceptors (Lipinski definition) is 4. The van der Waals surface area contributed by atoms with Crippen molar-refractivity contribution >= 4 is 5.91 Å². The van der Waals surface area contributed by atoms with E-state index in [4.69, 9.17) is 0 Å². The number of rotatable bonds is 4. The van der Waals surface area contributed by atoms with E-state index in [2.05, 4.69) is 30.8 Å². The van der Waals surface area contributed by atoms with Gasteiger partial charge in [-0.3, -0.25) is 9.59 Å². The first-order chi connectivity index (χ1) is 12.2. The summed E-state index contributed by atoms with van der Waals surface area (Å²) in [5.41, 5.74) is 0.870. The molecule has 2 aliphatic rings. The highest BCUT2D eigenvalue weighted by Crippen LogP contribution is 2.23. The van der Waals surface area contributed by atoms with Crippen LogP contribution in [0.5, 0.6) is 0 Å². The van der Waals surface area contributed by atoms with E-state index < -0.39 is 0 Å². The van der Waals surface area contributed by atoms with Crippen LogP contribution in [0.25, 0.3) is 0 Å². The average Bonchev–Trinajstić information content (AvgIpc) is 2.69. The molecule has 1 aromatic heterocycles. The van der Waals surface area contributed by atoms with Crippen molar-refractivity contribution in [3.05, 3.63) is 28.2 Å². The third-order valence-corrected chi connectivity index (χ3v) is 5.69. The maximum atomic E-state index is 12.1. The maximum Gasteiger partial charge on any atom is 0.266 e. The topological polar surface area (TPSA) is 58.4 Å². The Kier molecular flexibility index (Phi) is 5.51. The van der Waals surface area contributed by atoms with Crippen molar-refractivity contribution in [2.75, 3.05) is 26.7 Å². The molecule has 0 spiro atoms. The van der Waals surface area contributed by atoms with Gasteiger partial charge in [-0.1, -0.05) is 27.2 Å². The Morgan fingerprint density at radius 2 is 1.85 bits per heavy atom. The third kappa shape index (κ3) is 4.34. The molecule has 2 aliphatic heterocycles. The van der Waals surface area contributed by atoms with Crippen LogP contribution in [0.2, 0.25) is 0 Å². The van der Waals surface area contributed by atoms with Crippen molar-refractivity contribution in [1.82, 2.24) is 19.6 Å². The summed E-state index contributed by atoms with van der Waals surface area (Å²) in [6.45, 7) is 9.92. The summed E-state index contributed by atoms with van der Waals surface area (Å²) in [5.74, 6) is 0.738. The van der Waals surface area contributed by atoms with E-state index in [-0.39, 0.29) is 16.9 Å². The van der Waals surface area contributed by atoms with Gasteiger partial charge >= 0.3 is 0 Å². The van der Waals surface area contributed by atoms with E-state index in [1.54, 1.807) is 10.7 Å². The fraction of sp³-hybridized carbons (Fsp3) is 0.750. The maximum absolute atomic E-state index is 12.1. The number of amides is 1. The molecule has 6 nitrogen and oxygen atoms in total. The molecule has 1 aromatic rings. The van der Waals surface area contributed by atoms with Crippen LogP contribution < -0.4 is 5.56 Å². The van der Waals surface area contributed by atoms with E-state index in [1.807, 2.05) is 18.0 Å². The molecule has 2 fully saturated rings. The summed E-state index contributed by atoms with van der Waals surface area (Å²) < 4.78 is 1.63. The quantitative estimate of drug-likeness (QED) is 0.823. The molecular formula is C20H32N4O2. The lowest BCUT2D eigenvalue weighted by atomic mass is 9.92. The summed E-state index contributed by atoms with van der Waals surface area (Å²) in [6, 6.07) is 3.80. The van der Waals surface area contributed by atoms with Gasteiger partial charge in [-0.05, 0) is 18.9 Å². The molecule has 144 valence electrons. The zero-order chi connectivity index (χ0) is 18.9. The molecule has 3 rings (SSSR count). The summed E-state index contributed by atoms with van der Waals surface area (Å²) in [4.78, 5) is 28.5. The first-order valence-corrected chi connectivity index (χ1v) is 9.80. The predicted molar refractivity (Wildman–Crippen MR) is 102 cm³/mol. The normalized spacial score (nSPS) is 23.0. The number of likely N-dealkylation sites (tertiary alicyclic amines) is 2. The minimum absolute atomic E-state index is 0.0226. The van der Waals surface area contributed by atoms with E-state index in [0.29, 0.717) is 24.9 Å². The van der Waals surface area contributed by atoms with Crippen LogP contribution in [0.4, 0.5) is 0 Å². The van der Waals surface area contributed by atoms with E-state index in [1.165, 1.54) is 0 Å². The summed E-state index contributed by atoms with van der Waals surface area (Å²) in [6.07, 6.45) is 3.93. The largest absolute Gasteiger partial charge is 0.341 e. The second kappa shape index (κ2) is 7.51. The van der Waals surface area contributed by atoms with Crippen LogP contribution in [0, 0.1) is 5.92 Å². The van der Waals surface area contributed by atoms with Gasteiger partial charge in [0.25, 0.3) is 5.56 Å². The third-order valence-electron chi connectivity index (χ3n) is 5.69. The molecular weight excluding hydrogens is 328 g/mol. The minimum atomic E-state index is -0.0578. The Morgan fingerprint density at radius 3 is 2.54 bits per heavy atom. The molecule has 0 radical (unpaired) electrons. The molecule has 2 saturated heterocycles. The number of hydrogen-bond donors (Lipinski definition) is 0. The van der Waals surface area contributed by atoms with E-state index in [9.17, 15) is 9.59 Å². The average molecular weight is 361 g/mol. The van der Waals surface area contributed by atoms with Crippen molar-refractivity contribution in [1.29, 1.82) is 0 Å². The van der Waals surface area contributed by atoms with Crippen LogP contribution in [0.3, 0.4) is 0 Å². The first kappa shape index (κ1) is 19.1. The monoisotopic (exact) mass is 360 g/mol. The van der Waals surface area contributed by atoms with Gasteiger partial charge in [0.05, 0.1) is 12.2 Å². The lowest BCUT2D eigenvalue weighted by Gasteiger charge is -2.42. The van der Waals surface area contributed by atoms with Gasteiger partial charge in [-0.15, -0.1) is 0 Å². The van der Waals surface area contributed by atoms with Crippen LogP contribution >= 0.6 is 0 Å². The van der Waals surface area contributed by atoms with Crippen LogP contribution in [0.15, 0.2) is 16.9 Å². The van der Waals surface area contributed by atoms with E-state index >= 15 is 0 Å². The predicted octanol–water partition coefficient (Wildman–Crippen LogP) is 1.87. The Labute approximate surface area is 156 Å². The van der Waals surface area contributed by atoms with Crippen molar-refractivity contribution in [3.63, 3.8) is 0 Å². The van der Waals surface area contributed by atoms with Gasteiger partial charge in [0.1, 0.15) is 0 Å². The first-order valence-electron chi connectivity index (χ1n) is 9.80. The molecule has 3 heterocycles. The molecule has 0 aromatic carbocycles. The molecule has 0 bridgehead atoms. The van der Waals surface area contributed by atoms with Crippen molar-refractivity contribution in [2.24, 2.45) is 5.92 Å². The van der Waals surface area contributed by atoms with E-state index in [0.717, 1.165) is 44.6 Å². The number of carbonyl (C=O) groups excluding carboxylic acids is 1. The van der Waals surface area contributed by atoms with Crippen molar-refractivity contribution < 1.29 is 4.79 Å². The standard InChI is InChI=1S/C20H32N4O2/c1-20(2,3)17-9-10-19(26)24(21-17)13-15-11-23(12-15)14-16-7-5-6-8-18(25)22(16)4/h9-10,15-16H,5-8,11-14H2,1-4H3. The fourth-order valence-corrected chi connectivity index (χ4v) is 3.91. The molecule has 1 atom stereocenters. The molecule has 0 aliphatic carbocycles. The highest BCUT2D eigenvalue weighted by molar-refractivity contribution is 5.76. The molecule has 0 saturated carbocycles. The second-order valence-electron chi connectivity index (χ2n) is 8.98. The molecule has 6 heteroatoms. The zero-order valence-corrected chi connectivity index (χ0v) is 16.6. The summed E-state index contributed by atoms with van der Waals surface area (Å²) in [7, 11) is 1.94. The van der Waals surface area contributed by atoms with Gasteiger partial charge in [0, 0.05) is 56.5 Å². The minimum Gasteiger partial charge on any atom is -0.341 e. The molecule has 0 N–H and O–H groups in total. The Hall–Kier alpha value is -1.69. The zero-order valence-electron chi connectivity index (χ0n) is 16.6. The highest BCUT2D eigenvalue weighted by Gasteiger charge is 2.32. The van der Waals surface area contributed by atoms with Gasteiger partial charge in [0.15, 0.2) is 0 Å².